The zero-order valence-electron chi connectivity index (χ0n) is 34.0. The van der Waals surface area contributed by atoms with Gasteiger partial charge >= 0.3 is 0 Å². The Balaban J connectivity index is 1.29. The largest absolute Gasteiger partial charge is 0.310 e. The number of hydrogen-bond acceptors (Lipinski definition) is 1. The van der Waals surface area contributed by atoms with Crippen molar-refractivity contribution in [2.45, 2.75) is 47.0 Å². The van der Waals surface area contributed by atoms with Crippen LogP contribution in [0.4, 0.5) is 17.1 Å². The number of anilines is 3. The van der Waals surface area contributed by atoms with Gasteiger partial charge in [0, 0.05) is 22.2 Å². The van der Waals surface area contributed by atoms with Crippen molar-refractivity contribution in [3.8, 4) is 55.6 Å². The lowest BCUT2D eigenvalue weighted by Gasteiger charge is -2.28. The van der Waals surface area contributed by atoms with Gasteiger partial charge in [0.2, 0.25) is 0 Å². The van der Waals surface area contributed by atoms with E-state index in [1.807, 2.05) is 0 Å². The minimum atomic E-state index is -0.121. The second kappa shape index (κ2) is 12.7. The highest BCUT2D eigenvalue weighted by atomic mass is 15.1. The topological polar surface area (TPSA) is 3.24 Å². The van der Waals surface area contributed by atoms with E-state index >= 15 is 0 Å². The molecule has 11 rings (SSSR count). The number of benzene rings is 9. The molecule has 58 heavy (non-hydrogen) atoms. The van der Waals surface area contributed by atoms with Gasteiger partial charge in [0.05, 0.1) is 5.69 Å². The number of rotatable bonds is 5. The maximum atomic E-state index is 2.55. The van der Waals surface area contributed by atoms with E-state index in [0.29, 0.717) is 0 Å². The third-order valence-electron chi connectivity index (χ3n) is 12.9. The SMILES string of the molecule is Cc1cc(C)cc(N(c2cc(C)cc(C)c2)c2ccc3c4c(cccc24)-c2c-3c(-c3ccccc3)c3cc4c(cc3c2-c2ccccc2)C(C)(C)c2ccccc2-4)c1. The van der Waals surface area contributed by atoms with Crippen molar-refractivity contribution in [1.82, 2.24) is 0 Å². The first-order valence-corrected chi connectivity index (χ1v) is 20.6. The molecule has 0 aromatic heterocycles. The molecule has 0 fully saturated rings. The Morgan fingerprint density at radius 2 is 0.862 bits per heavy atom. The minimum Gasteiger partial charge on any atom is -0.310 e. The Labute approximate surface area is 341 Å². The first-order chi connectivity index (χ1) is 28.2. The molecule has 0 unspecified atom stereocenters. The average molecular weight is 744 g/mol. The molecule has 0 radical (unpaired) electrons. The maximum Gasteiger partial charge on any atom is 0.0540 e. The summed E-state index contributed by atoms with van der Waals surface area (Å²) >= 11 is 0. The van der Waals surface area contributed by atoms with Crippen LogP contribution in [-0.2, 0) is 5.41 Å². The zero-order valence-corrected chi connectivity index (χ0v) is 34.0. The van der Waals surface area contributed by atoms with Crippen molar-refractivity contribution in [3.05, 3.63) is 197 Å². The maximum absolute atomic E-state index is 2.55. The smallest absolute Gasteiger partial charge is 0.0540 e. The van der Waals surface area contributed by atoms with Gasteiger partial charge in [-0.2, -0.15) is 0 Å². The van der Waals surface area contributed by atoms with E-state index in [1.54, 1.807) is 0 Å². The number of fused-ring (bicyclic) bond motifs is 7. The summed E-state index contributed by atoms with van der Waals surface area (Å²) in [6.07, 6.45) is 0. The predicted octanol–water partition coefficient (Wildman–Crippen LogP) is 16.0. The first kappa shape index (κ1) is 34.5. The fraction of sp³-hybridized carbons (Fsp3) is 0.123. The van der Waals surface area contributed by atoms with Gasteiger partial charge in [0.1, 0.15) is 0 Å². The quantitative estimate of drug-likeness (QED) is 0.170. The molecule has 9 aromatic rings. The molecule has 0 heterocycles. The van der Waals surface area contributed by atoms with Gasteiger partial charge < -0.3 is 4.90 Å². The van der Waals surface area contributed by atoms with Crippen LogP contribution in [0.5, 0.6) is 0 Å². The van der Waals surface area contributed by atoms with Crippen molar-refractivity contribution in [3.63, 3.8) is 0 Å². The summed E-state index contributed by atoms with van der Waals surface area (Å²) in [7, 11) is 0. The van der Waals surface area contributed by atoms with Crippen LogP contribution in [0.3, 0.4) is 0 Å². The fourth-order valence-corrected chi connectivity index (χ4v) is 10.6. The predicted molar refractivity (Wildman–Crippen MR) is 248 cm³/mol. The molecule has 9 aromatic carbocycles. The summed E-state index contributed by atoms with van der Waals surface area (Å²) in [6.45, 7) is 13.6. The lowest BCUT2D eigenvalue weighted by molar-refractivity contribution is 0.661. The number of aryl methyl sites for hydroxylation is 4. The molecule has 0 bridgehead atoms. The van der Waals surface area contributed by atoms with Crippen LogP contribution in [0.15, 0.2) is 164 Å². The van der Waals surface area contributed by atoms with Crippen LogP contribution in [0.2, 0.25) is 0 Å². The van der Waals surface area contributed by atoms with Crippen molar-refractivity contribution in [1.29, 1.82) is 0 Å². The zero-order chi connectivity index (χ0) is 39.4. The van der Waals surface area contributed by atoms with E-state index in [0.717, 1.165) is 0 Å². The van der Waals surface area contributed by atoms with E-state index < -0.39 is 0 Å². The van der Waals surface area contributed by atoms with Crippen molar-refractivity contribution in [2.24, 2.45) is 0 Å². The second-order valence-corrected chi connectivity index (χ2v) is 17.2. The Hall–Kier alpha value is -6.70. The molecule has 278 valence electrons. The molecule has 0 N–H and O–H groups in total. The fourth-order valence-electron chi connectivity index (χ4n) is 10.6. The summed E-state index contributed by atoms with van der Waals surface area (Å²) in [5.41, 5.74) is 24.3. The molecule has 1 heteroatoms. The van der Waals surface area contributed by atoms with Crippen LogP contribution in [-0.4, -0.2) is 0 Å². The lowest BCUT2D eigenvalue weighted by atomic mass is 9.78. The molecule has 2 aliphatic rings. The highest BCUT2D eigenvalue weighted by molar-refractivity contribution is 6.29. The highest BCUT2D eigenvalue weighted by Crippen LogP contribution is 2.61. The average Bonchev–Trinajstić information content (AvgIpc) is 3.66. The Kier molecular flexibility index (Phi) is 7.53. The molecule has 0 saturated heterocycles. The number of hydrogen-bond donors (Lipinski definition) is 0. The number of nitrogens with zero attached hydrogens (tertiary/aromatic N) is 1. The molecule has 0 amide bonds. The van der Waals surface area contributed by atoms with Crippen LogP contribution >= 0.6 is 0 Å². The Morgan fingerprint density at radius 1 is 0.362 bits per heavy atom. The van der Waals surface area contributed by atoms with Gasteiger partial charge in [-0.3, -0.25) is 0 Å². The van der Waals surface area contributed by atoms with Crippen LogP contribution in [0.25, 0.3) is 77.2 Å². The highest BCUT2D eigenvalue weighted by Gasteiger charge is 2.38. The Bertz CT molecular complexity index is 3070. The van der Waals surface area contributed by atoms with E-state index in [-0.39, 0.29) is 5.41 Å². The summed E-state index contributed by atoms with van der Waals surface area (Å²) in [4.78, 5) is 2.49. The van der Waals surface area contributed by atoms with Gasteiger partial charge in [-0.25, -0.2) is 0 Å². The van der Waals surface area contributed by atoms with Gasteiger partial charge in [0.15, 0.2) is 0 Å². The van der Waals surface area contributed by atoms with Gasteiger partial charge in [0.25, 0.3) is 0 Å². The van der Waals surface area contributed by atoms with E-state index in [9.17, 15) is 0 Å². The monoisotopic (exact) mass is 743 g/mol. The van der Waals surface area contributed by atoms with Gasteiger partial charge in [-0.1, -0.05) is 135 Å². The summed E-state index contributed by atoms with van der Waals surface area (Å²) in [5, 5.41) is 5.17. The summed E-state index contributed by atoms with van der Waals surface area (Å²) in [6, 6.07) is 62.0. The standard InChI is InChI=1S/C57H45N/c1-34-26-35(2)29-40(28-34)58(41-30-36(3)27-37(4)31-41)51-25-24-45-54-43(51)21-15-22-44(54)55-53(39-18-11-8-12-19-39)48-33-50-46(42-20-13-14-23-49(42)57(50,5)6)32-47(48)52(56(45)55)38-16-9-7-10-17-38/h7-33H,1-6H3. The second-order valence-electron chi connectivity index (χ2n) is 17.2. The third-order valence-corrected chi connectivity index (χ3v) is 12.9. The summed E-state index contributed by atoms with van der Waals surface area (Å²) in [5.74, 6) is 0. The van der Waals surface area contributed by atoms with Crippen LogP contribution in [0, 0.1) is 27.7 Å². The van der Waals surface area contributed by atoms with Crippen molar-refractivity contribution >= 4 is 38.6 Å². The van der Waals surface area contributed by atoms with E-state index in [4.69, 9.17) is 0 Å². The van der Waals surface area contributed by atoms with Crippen LogP contribution < -0.4 is 4.90 Å². The Morgan fingerprint density at radius 3 is 1.45 bits per heavy atom. The third kappa shape index (κ3) is 5.02. The normalized spacial score (nSPS) is 13.1. The van der Waals surface area contributed by atoms with E-state index in [1.165, 1.54) is 128 Å². The summed E-state index contributed by atoms with van der Waals surface area (Å²) < 4.78 is 0. The first-order valence-electron chi connectivity index (χ1n) is 20.6. The van der Waals surface area contributed by atoms with Crippen LogP contribution in [0.1, 0.15) is 47.2 Å². The molecule has 0 atom stereocenters. The molecular weight excluding hydrogens is 699 g/mol. The van der Waals surface area contributed by atoms with Gasteiger partial charge in [-0.05, 0) is 175 Å². The molecule has 0 spiro atoms. The molecule has 2 aliphatic carbocycles. The molecule has 0 saturated carbocycles. The van der Waals surface area contributed by atoms with Gasteiger partial charge in [-0.15, -0.1) is 0 Å². The van der Waals surface area contributed by atoms with Crippen molar-refractivity contribution < 1.29 is 0 Å². The molecule has 0 aliphatic heterocycles. The molecule has 1 nitrogen and oxygen atoms in total. The van der Waals surface area contributed by atoms with Crippen molar-refractivity contribution in [2.75, 3.05) is 4.90 Å². The molecular formula is C57H45N. The lowest BCUT2D eigenvalue weighted by Crippen LogP contribution is -2.14. The van der Waals surface area contributed by atoms with E-state index in [2.05, 4.69) is 210 Å². The minimum absolute atomic E-state index is 0.121.